The molecule has 2 rings (SSSR count). The third-order valence-electron chi connectivity index (χ3n) is 2.81. The standard InChI is InChI=1S/C12H18FN5/c1-4-17-11(6-9(3)16-17)14-7-10-8-15-18(5-2)12(10)13/h6,8,14H,4-5,7H2,1-3H3. The molecule has 0 aromatic carbocycles. The summed E-state index contributed by atoms with van der Waals surface area (Å²) in [7, 11) is 0. The minimum absolute atomic E-state index is 0.274. The first-order chi connectivity index (χ1) is 8.65. The molecule has 0 spiro atoms. The molecule has 2 aromatic heterocycles. The van der Waals surface area contributed by atoms with Gasteiger partial charge in [0, 0.05) is 31.3 Å². The Kier molecular flexibility index (Phi) is 3.64. The molecule has 0 amide bonds. The van der Waals surface area contributed by atoms with E-state index in [1.165, 1.54) is 4.68 Å². The van der Waals surface area contributed by atoms with Gasteiger partial charge < -0.3 is 5.32 Å². The molecule has 0 saturated carbocycles. The van der Waals surface area contributed by atoms with Crippen molar-refractivity contribution in [2.24, 2.45) is 0 Å². The number of rotatable bonds is 5. The normalized spacial score (nSPS) is 10.9. The van der Waals surface area contributed by atoms with Crippen molar-refractivity contribution in [3.63, 3.8) is 0 Å². The first-order valence-electron chi connectivity index (χ1n) is 6.14. The van der Waals surface area contributed by atoms with Gasteiger partial charge in [0.15, 0.2) is 0 Å². The molecule has 0 aliphatic rings. The summed E-state index contributed by atoms with van der Waals surface area (Å²) in [5, 5.41) is 11.5. The molecule has 0 aliphatic carbocycles. The molecular formula is C12H18FN5. The minimum atomic E-state index is -0.274. The third kappa shape index (κ3) is 2.37. The summed E-state index contributed by atoms with van der Waals surface area (Å²) in [6, 6.07) is 1.95. The zero-order chi connectivity index (χ0) is 13.1. The van der Waals surface area contributed by atoms with Gasteiger partial charge in [0.2, 0.25) is 5.95 Å². The van der Waals surface area contributed by atoms with Crippen molar-refractivity contribution < 1.29 is 4.39 Å². The topological polar surface area (TPSA) is 47.7 Å². The van der Waals surface area contributed by atoms with Crippen molar-refractivity contribution in [2.45, 2.75) is 40.4 Å². The van der Waals surface area contributed by atoms with Crippen LogP contribution in [-0.2, 0) is 19.6 Å². The van der Waals surface area contributed by atoms with Gasteiger partial charge in [0.25, 0.3) is 0 Å². The first kappa shape index (κ1) is 12.6. The Balaban J connectivity index is 2.08. The van der Waals surface area contributed by atoms with Crippen LogP contribution in [-0.4, -0.2) is 19.6 Å². The zero-order valence-corrected chi connectivity index (χ0v) is 10.9. The average molecular weight is 251 g/mol. The Morgan fingerprint density at radius 2 is 2.00 bits per heavy atom. The van der Waals surface area contributed by atoms with E-state index >= 15 is 0 Å². The Morgan fingerprint density at radius 1 is 1.28 bits per heavy atom. The summed E-state index contributed by atoms with van der Waals surface area (Å²) in [6.07, 6.45) is 1.56. The summed E-state index contributed by atoms with van der Waals surface area (Å²) in [5.41, 5.74) is 1.52. The highest BCUT2D eigenvalue weighted by Crippen LogP contribution is 2.13. The van der Waals surface area contributed by atoms with Gasteiger partial charge in [-0.1, -0.05) is 0 Å². The van der Waals surface area contributed by atoms with E-state index in [0.29, 0.717) is 18.7 Å². The van der Waals surface area contributed by atoms with Crippen molar-refractivity contribution in [1.29, 1.82) is 0 Å². The van der Waals surface area contributed by atoms with E-state index in [9.17, 15) is 4.39 Å². The molecule has 0 aliphatic heterocycles. The molecule has 2 heterocycles. The van der Waals surface area contributed by atoms with E-state index in [1.54, 1.807) is 6.20 Å². The molecule has 0 atom stereocenters. The van der Waals surface area contributed by atoms with Crippen LogP contribution in [0.25, 0.3) is 0 Å². The molecule has 18 heavy (non-hydrogen) atoms. The predicted octanol–water partition coefficient (Wildman–Crippen LogP) is 2.18. The third-order valence-corrected chi connectivity index (χ3v) is 2.81. The van der Waals surface area contributed by atoms with Gasteiger partial charge in [-0.2, -0.15) is 14.6 Å². The summed E-state index contributed by atoms with van der Waals surface area (Å²) < 4.78 is 17.0. The molecule has 0 radical (unpaired) electrons. The second-order valence-corrected chi connectivity index (χ2v) is 4.12. The van der Waals surface area contributed by atoms with Crippen LogP contribution in [0.3, 0.4) is 0 Å². The van der Waals surface area contributed by atoms with Gasteiger partial charge >= 0.3 is 0 Å². The summed E-state index contributed by atoms with van der Waals surface area (Å²) >= 11 is 0. The Labute approximate surface area is 106 Å². The Bertz CT molecular complexity index is 529. The van der Waals surface area contributed by atoms with Crippen LogP contribution in [0.2, 0.25) is 0 Å². The molecule has 1 N–H and O–H groups in total. The molecule has 0 bridgehead atoms. The van der Waals surface area contributed by atoms with E-state index in [1.807, 2.05) is 31.5 Å². The molecule has 5 nitrogen and oxygen atoms in total. The molecule has 98 valence electrons. The number of anilines is 1. The predicted molar refractivity (Wildman–Crippen MR) is 67.8 cm³/mol. The van der Waals surface area contributed by atoms with E-state index in [0.717, 1.165) is 18.1 Å². The maximum Gasteiger partial charge on any atom is 0.216 e. The number of aromatic nitrogens is 4. The molecule has 0 fully saturated rings. The molecule has 2 aromatic rings. The summed E-state index contributed by atoms with van der Waals surface area (Å²) in [4.78, 5) is 0. The van der Waals surface area contributed by atoms with Crippen LogP contribution in [0.4, 0.5) is 10.2 Å². The van der Waals surface area contributed by atoms with E-state index in [-0.39, 0.29) is 5.95 Å². The summed E-state index contributed by atoms with van der Waals surface area (Å²) in [5.74, 6) is 0.628. The van der Waals surface area contributed by atoms with E-state index < -0.39 is 0 Å². The minimum Gasteiger partial charge on any atom is -0.366 e. The van der Waals surface area contributed by atoms with E-state index in [2.05, 4.69) is 15.5 Å². The number of nitrogens with zero attached hydrogens (tertiary/aromatic N) is 4. The van der Waals surface area contributed by atoms with Crippen molar-refractivity contribution in [3.8, 4) is 0 Å². The van der Waals surface area contributed by atoms with Gasteiger partial charge in [0.05, 0.1) is 11.9 Å². The van der Waals surface area contributed by atoms with Crippen LogP contribution in [0.5, 0.6) is 0 Å². The van der Waals surface area contributed by atoms with Crippen LogP contribution in [0.15, 0.2) is 12.3 Å². The lowest BCUT2D eigenvalue weighted by molar-refractivity contribution is 0.465. The lowest BCUT2D eigenvalue weighted by atomic mass is 10.3. The fraction of sp³-hybridized carbons (Fsp3) is 0.500. The molecule has 0 saturated heterocycles. The lowest BCUT2D eigenvalue weighted by Gasteiger charge is -2.06. The highest BCUT2D eigenvalue weighted by atomic mass is 19.1. The Morgan fingerprint density at radius 3 is 2.61 bits per heavy atom. The highest BCUT2D eigenvalue weighted by Gasteiger charge is 2.10. The smallest absolute Gasteiger partial charge is 0.216 e. The summed E-state index contributed by atoms with van der Waals surface area (Å²) in [6.45, 7) is 7.56. The Hall–Kier alpha value is -1.85. The van der Waals surface area contributed by atoms with Gasteiger partial charge in [0.1, 0.15) is 5.82 Å². The quantitative estimate of drug-likeness (QED) is 0.886. The number of hydrogen-bond acceptors (Lipinski definition) is 3. The van der Waals surface area contributed by atoms with Gasteiger partial charge in [-0.15, -0.1) is 0 Å². The SMILES string of the molecule is CCn1nc(C)cc1NCc1cnn(CC)c1F. The zero-order valence-electron chi connectivity index (χ0n) is 10.9. The monoisotopic (exact) mass is 251 g/mol. The van der Waals surface area contributed by atoms with Crippen LogP contribution in [0.1, 0.15) is 25.1 Å². The number of halogens is 1. The maximum atomic E-state index is 13.8. The number of nitrogens with one attached hydrogen (secondary N) is 1. The van der Waals surface area contributed by atoms with Crippen molar-refractivity contribution in [2.75, 3.05) is 5.32 Å². The van der Waals surface area contributed by atoms with Crippen LogP contribution in [0, 0.1) is 12.9 Å². The second-order valence-electron chi connectivity index (χ2n) is 4.12. The number of aryl methyl sites for hydroxylation is 3. The molecular weight excluding hydrogens is 233 g/mol. The van der Waals surface area contributed by atoms with Crippen LogP contribution >= 0.6 is 0 Å². The van der Waals surface area contributed by atoms with Crippen molar-refractivity contribution in [1.82, 2.24) is 19.6 Å². The van der Waals surface area contributed by atoms with Crippen LogP contribution < -0.4 is 5.32 Å². The van der Waals surface area contributed by atoms with Gasteiger partial charge in [-0.3, -0.25) is 0 Å². The molecule has 0 unspecified atom stereocenters. The van der Waals surface area contributed by atoms with E-state index in [4.69, 9.17) is 0 Å². The second kappa shape index (κ2) is 5.20. The largest absolute Gasteiger partial charge is 0.366 e. The van der Waals surface area contributed by atoms with Crippen molar-refractivity contribution >= 4 is 5.82 Å². The first-order valence-corrected chi connectivity index (χ1v) is 6.14. The fourth-order valence-electron chi connectivity index (χ4n) is 1.86. The lowest BCUT2D eigenvalue weighted by Crippen LogP contribution is -2.08. The highest BCUT2D eigenvalue weighted by molar-refractivity contribution is 5.37. The molecule has 6 heteroatoms. The van der Waals surface area contributed by atoms with Gasteiger partial charge in [-0.05, 0) is 20.8 Å². The maximum absolute atomic E-state index is 13.8. The average Bonchev–Trinajstić information content (AvgIpc) is 2.89. The fourth-order valence-corrected chi connectivity index (χ4v) is 1.86. The van der Waals surface area contributed by atoms with Crippen molar-refractivity contribution in [3.05, 3.63) is 29.5 Å². The number of hydrogen-bond donors (Lipinski definition) is 1. The van der Waals surface area contributed by atoms with Gasteiger partial charge in [-0.25, -0.2) is 9.36 Å².